The molecule has 3 fully saturated rings. The Labute approximate surface area is 186 Å². The molecule has 3 amide bonds. The average Bonchev–Trinajstić information content (AvgIpc) is 3.00. The number of amides is 3. The zero-order valence-corrected chi connectivity index (χ0v) is 18.8. The summed E-state index contributed by atoms with van der Waals surface area (Å²) in [5, 5.41) is 14.2. The van der Waals surface area contributed by atoms with Crippen LogP contribution in [-0.2, 0) is 14.8 Å². The maximum Gasteiger partial charge on any atom is 0.329 e. The molecule has 0 atom stereocenters. The first-order valence-corrected chi connectivity index (χ1v) is 12.3. The third kappa shape index (κ3) is 3.97. The van der Waals surface area contributed by atoms with Crippen molar-refractivity contribution in [3.8, 4) is 0 Å². The predicted molar refractivity (Wildman–Crippen MR) is 113 cm³/mol. The number of nitrogens with one attached hydrogen (secondary N) is 2. The summed E-state index contributed by atoms with van der Waals surface area (Å²) in [7, 11) is -4.02. The van der Waals surface area contributed by atoms with E-state index in [0.29, 0.717) is 31.8 Å². The second-order valence-electron chi connectivity index (χ2n) is 8.96. The summed E-state index contributed by atoms with van der Waals surface area (Å²) in [6.07, 6.45) is 3.09. The van der Waals surface area contributed by atoms with E-state index in [0.717, 1.165) is 17.7 Å². The summed E-state index contributed by atoms with van der Waals surface area (Å²) in [6.45, 7) is 3.41. The van der Waals surface area contributed by atoms with Gasteiger partial charge in [-0.1, -0.05) is 19.1 Å². The van der Waals surface area contributed by atoms with Gasteiger partial charge in [0.25, 0.3) is 11.6 Å². The van der Waals surface area contributed by atoms with Crippen LogP contribution in [0.1, 0.15) is 32.6 Å². The minimum atomic E-state index is -4.02. The number of nitrogens with zero attached hydrogens (tertiary/aromatic N) is 3. The summed E-state index contributed by atoms with van der Waals surface area (Å²) in [6, 6.07) is 4.92. The molecule has 0 unspecified atom stereocenters. The van der Waals surface area contributed by atoms with Crippen LogP contribution in [0.5, 0.6) is 0 Å². The van der Waals surface area contributed by atoms with Crippen LogP contribution in [0.3, 0.4) is 0 Å². The Morgan fingerprint density at radius 3 is 2.44 bits per heavy atom. The fraction of sp³-hybridized carbons (Fsp3) is 0.600. The summed E-state index contributed by atoms with van der Waals surface area (Å²) in [5.74, 6) is 0.359. The van der Waals surface area contributed by atoms with Crippen molar-refractivity contribution in [3.05, 3.63) is 34.4 Å². The van der Waals surface area contributed by atoms with Crippen LogP contribution >= 0.6 is 0 Å². The van der Waals surface area contributed by atoms with Gasteiger partial charge in [0.2, 0.25) is 10.0 Å². The number of benzene rings is 1. The maximum absolute atomic E-state index is 13.0. The molecule has 1 aromatic rings. The third-order valence-electron chi connectivity index (χ3n) is 6.86. The number of sulfonamides is 1. The molecule has 3 aliphatic rings. The second-order valence-corrected chi connectivity index (χ2v) is 10.9. The van der Waals surface area contributed by atoms with Crippen LogP contribution < -0.4 is 10.2 Å². The minimum Gasteiger partial charge on any atom is -0.323 e. The van der Waals surface area contributed by atoms with Crippen molar-refractivity contribution < 1.29 is 27.8 Å². The van der Waals surface area contributed by atoms with E-state index >= 15 is 0 Å². The van der Waals surface area contributed by atoms with Crippen molar-refractivity contribution in [3.63, 3.8) is 0 Å². The van der Waals surface area contributed by atoms with E-state index in [4.69, 9.17) is 0 Å². The van der Waals surface area contributed by atoms with Crippen LogP contribution in [0.4, 0.5) is 10.5 Å². The SMILES string of the molecule is CC1CCC2(CC1)NC(=O)N(C[NH+]1CCN(S(=O)(=O)c3ccccc3[N+](=O)[O-])CC1)C2=O. The van der Waals surface area contributed by atoms with Gasteiger partial charge in [-0.3, -0.25) is 14.9 Å². The summed E-state index contributed by atoms with van der Waals surface area (Å²) >= 11 is 0. The highest BCUT2D eigenvalue weighted by Gasteiger charge is 2.53. The lowest BCUT2D eigenvalue weighted by Gasteiger charge is -2.34. The van der Waals surface area contributed by atoms with Crippen LogP contribution in [0.25, 0.3) is 0 Å². The molecule has 11 nitrogen and oxygen atoms in total. The number of carbonyl (C=O) groups is 2. The molecule has 1 saturated carbocycles. The Balaban J connectivity index is 1.40. The van der Waals surface area contributed by atoms with Gasteiger partial charge in [0, 0.05) is 6.07 Å². The molecule has 1 aliphatic carbocycles. The number of imide groups is 1. The van der Waals surface area contributed by atoms with E-state index in [1.807, 2.05) is 0 Å². The molecule has 1 aromatic carbocycles. The lowest BCUT2D eigenvalue weighted by molar-refractivity contribution is -0.910. The summed E-state index contributed by atoms with van der Waals surface area (Å²) in [4.78, 5) is 38.0. The Bertz CT molecular complexity index is 1030. The second kappa shape index (κ2) is 8.41. The van der Waals surface area contributed by atoms with Gasteiger partial charge in [0.1, 0.15) is 5.54 Å². The zero-order chi connectivity index (χ0) is 23.1. The number of carbonyl (C=O) groups excluding carboxylic acids is 2. The first kappa shape index (κ1) is 22.6. The zero-order valence-electron chi connectivity index (χ0n) is 18.0. The first-order chi connectivity index (χ1) is 15.1. The van der Waals surface area contributed by atoms with Crippen molar-refractivity contribution >= 4 is 27.6 Å². The molecule has 1 spiro atoms. The fourth-order valence-corrected chi connectivity index (χ4v) is 6.40. The highest BCUT2D eigenvalue weighted by atomic mass is 32.2. The van der Waals surface area contributed by atoms with Crippen molar-refractivity contribution in [2.45, 2.75) is 43.0 Å². The third-order valence-corrected chi connectivity index (χ3v) is 8.81. The molecular weight excluding hydrogens is 438 g/mol. The van der Waals surface area contributed by atoms with Crippen LogP contribution in [0, 0.1) is 16.0 Å². The number of nitro groups is 1. The van der Waals surface area contributed by atoms with E-state index in [-0.39, 0.29) is 36.6 Å². The van der Waals surface area contributed by atoms with Crippen LogP contribution in [0.15, 0.2) is 29.2 Å². The quantitative estimate of drug-likeness (QED) is 0.355. The average molecular weight is 467 g/mol. The van der Waals surface area contributed by atoms with Crippen LogP contribution in [0.2, 0.25) is 0 Å². The Morgan fingerprint density at radius 2 is 1.81 bits per heavy atom. The van der Waals surface area contributed by atoms with Gasteiger partial charge < -0.3 is 10.2 Å². The number of para-hydroxylation sites is 1. The molecule has 32 heavy (non-hydrogen) atoms. The van der Waals surface area contributed by atoms with Crippen molar-refractivity contribution in [1.82, 2.24) is 14.5 Å². The summed E-state index contributed by atoms with van der Waals surface area (Å²) in [5.41, 5.74) is -1.24. The highest BCUT2D eigenvalue weighted by molar-refractivity contribution is 7.89. The lowest BCUT2D eigenvalue weighted by Crippen LogP contribution is -3.16. The molecule has 2 N–H and O–H groups in total. The number of hydrogen-bond acceptors (Lipinski definition) is 6. The van der Waals surface area contributed by atoms with Gasteiger partial charge >= 0.3 is 6.03 Å². The largest absolute Gasteiger partial charge is 0.329 e. The first-order valence-electron chi connectivity index (χ1n) is 10.9. The van der Waals surface area contributed by atoms with E-state index in [1.54, 1.807) is 0 Å². The predicted octanol–water partition coefficient (Wildman–Crippen LogP) is -0.0578. The molecule has 0 aromatic heterocycles. The molecule has 4 rings (SSSR count). The number of hydrogen-bond donors (Lipinski definition) is 2. The van der Waals surface area contributed by atoms with Gasteiger partial charge in [-0.15, -0.1) is 0 Å². The monoisotopic (exact) mass is 466 g/mol. The Hall–Kier alpha value is -2.57. The standard InChI is InChI=1S/C20H27N5O6S/c1-15-6-8-20(9-7-15)18(26)24(19(27)21-20)14-22-10-12-23(13-11-22)32(30,31)17-5-3-2-4-16(17)25(28)29/h2-5,15H,6-14H2,1H3,(H,21,27)/p+1. The summed E-state index contributed by atoms with van der Waals surface area (Å²) < 4.78 is 27.2. The maximum atomic E-state index is 13.0. The molecule has 0 bridgehead atoms. The molecule has 174 valence electrons. The number of quaternary nitrogens is 1. The van der Waals surface area contributed by atoms with Gasteiger partial charge in [0.15, 0.2) is 11.6 Å². The van der Waals surface area contributed by atoms with E-state index < -0.39 is 26.2 Å². The number of urea groups is 1. The number of nitro benzene ring substituents is 1. The fourth-order valence-electron chi connectivity index (χ4n) is 4.80. The molecule has 12 heteroatoms. The van der Waals surface area contributed by atoms with E-state index in [2.05, 4.69) is 12.2 Å². The number of piperazine rings is 1. The van der Waals surface area contributed by atoms with Crippen molar-refractivity contribution in [2.75, 3.05) is 32.8 Å². The molecule has 2 aliphatic heterocycles. The van der Waals surface area contributed by atoms with E-state index in [1.165, 1.54) is 33.5 Å². The minimum absolute atomic E-state index is 0.149. The topological polar surface area (TPSA) is 134 Å². The smallest absolute Gasteiger partial charge is 0.323 e. The van der Waals surface area contributed by atoms with Gasteiger partial charge in [-0.25, -0.2) is 18.1 Å². The highest BCUT2D eigenvalue weighted by Crippen LogP contribution is 2.36. The normalized spacial score (nSPS) is 27.7. The van der Waals surface area contributed by atoms with Gasteiger partial charge in [-0.2, -0.15) is 4.31 Å². The Morgan fingerprint density at radius 1 is 1.19 bits per heavy atom. The van der Waals surface area contributed by atoms with Crippen molar-refractivity contribution in [1.29, 1.82) is 0 Å². The molecule has 2 saturated heterocycles. The Kier molecular flexibility index (Phi) is 5.94. The van der Waals surface area contributed by atoms with Crippen LogP contribution in [-0.4, -0.2) is 72.9 Å². The molecule has 2 heterocycles. The van der Waals surface area contributed by atoms with Gasteiger partial charge in [-0.05, 0) is 37.7 Å². The van der Waals surface area contributed by atoms with Gasteiger partial charge in [0.05, 0.1) is 31.1 Å². The van der Waals surface area contributed by atoms with E-state index in [9.17, 15) is 28.1 Å². The number of rotatable bonds is 5. The van der Waals surface area contributed by atoms with Crippen molar-refractivity contribution in [2.24, 2.45) is 5.92 Å². The lowest BCUT2D eigenvalue weighted by atomic mass is 9.77. The molecular formula is C20H28N5O6S+. The molecule has 0 radical (unpaired) electrons.